The van der Waals surface area contributed by atoms with Crippen LogP contribution in [0, 0.1) is 10.1 Å². The topological polar surface area (TPSA) is 181 Å². The first kappa shape index (κ1) is 34.5. The number of alkyl halides is 1. The molecule has 2 aliphatic rings. The van der Waals surface area contributed by atoms with Crippen LogP contribution in [-0.4, -0.2) is 96.5 Å². The zero-order valence-electron chi connectivity index (χ0n) is 25.2. The van der Waals surface area contributed by atoms with Crippen LogP contribution in [0.1, 0.15) is 27.4 Å². The Morgan fingerprint density at radius 3 is 2.53 bits per heavy atom. The quantitative estimate of drug-likeness (QED) is 0.0595. The van der Waals surface area contributed by atoms with Gasteiger partial charge in [-0.2, -0.15) is 0 Å². The lowest BCUT2D eigenvalue weighted by Gasteiger charge is -2.26. The van der Waals surface area contributed by atoms with Crippen molar-refractivity contribution in [2.75, 3.05) is 69.9 Å². The number of nitrogens with zero attached hydrogens (tertiary/aromatic N) is 3. The van der Waals surface area contributed by atoms with Crippen LogP contribution in [0.4, 0.5) is 11.4 Å². The highest BCUT2D eigenvalue weighted by Gasteiger charge is 2.35. The summed E-state index contributed by atoms with van der Waals surface area (Å²) in [6.45, 7) is 4.20. The molecule has 0 radical (unpaired) electrons. The molecular formula is C31H34ClN4O10P. The predicted molar refractivity (Wildman–Crippen MR) is 175 cm³/mol. The summed E-state index contributed by atoms with van der Waals surface area (Å²) in [5, 5.41) is 15.3. The molecule has 47 heavy (non-hydrogen) atoms. The minimum Gasteiger partial charge on any atom is -0.492 e. The van der Waals surface area contributed by atoms with E-state index < -0.39 is 25.3 Å². The minimum atomic E-state index is -4.68. The maximum atomic E-state index is 13.4. The van der Waals surface area contributed by atoms with Crippen LogP contribution in [-0.2, 0) is 18.6 Å². The van der Waals surface area contributed by atoms with Crippen molar-refractivity contribution in [3.8, 4) is 5.75 Å². The average Bonchev–Trinajstić information content (AvgIpc) is 3.44. The van der Waals surface area contributed by atoms with E-state index in [0.717, 1.165) is 38.4 Å². The molecule has 1 atom stereocenters. The van der Waals surface area contributed by atoms with E-state index in [1.165, 1.54) is 29.2 Å². The number of carbonyl (C=O) groups excluding carboxylic acids is 2. The molecule has 1 unspecified atom stereocenters. The number of nitro groups is 1. The van der Waals surface area contributed by atoms with Gasteiger partial charge in [-0.05, 0) is 46.9 Å². The highest BCUT2D eigenvalue weighted by molar-refractivity contribution is 7.46. The van der Waals surface area contributed by atoms with Crippen LogP contribution in [0.2, 0.25) is 0 Å². The van der Waals surface area contributed by atoms with Gasteiger partial charge in [0.25, 0.3) is 17.5 Å². The molecule has 3 aromatic carbocycles. The molecule has 14 nitrogen and oxygen atoms in total. The molecule has 2 heterocycles. The summed E-state index contributed by atoms with van der Waals surface area (Å²) in [6, 6.07) is 13.1. The summed E-state index contributed by atoms with van der Waals surface area (Å²) in [5.41, 5.74) is 1.63. The largest absolute Gasteiger partial charge is 0.492 e. The van der Waals surface area contributed by atoms with Crippen LogP contribution >= 0.6 is 19.4 Å². The number of nitrogens with one attached hydrogen (secondary N) is 1. The molecule has 3 aromatic rings. The Labute approximate surface area is 275 Å². The minimum absolute atomic E-state index is 0.0986. The lowest BCUT2D eigenvalue weighted by molar-refractivity contribution is -0.383. The van der Waals surface area contributed by atoms with E-state index in [9.17, 15) is 24.3 Å². The number of amides is 2. The zero-order valence-corrected chi connectivity index (χ0v) is 26.9. The standard InChI is InChI=1S/C31H34ClN4O10P/c32-19-23-20-35(29(37)8-3-21-1-5-24(6-2-21)45-16-12-34-10-14-44-15-11-34)28-18-27(36(39)40)26-17-22(4-7-25(26)30(23)28)31(38)33-9-13-46-47(41,42)43/h1-8,17-18,23H,9-16,19-20H2,(H,33,38)(H2,41,42,43)/b8-3+. The summed E-state index contributed by atoms with van der Waals surface area (Å²) >= 11 is 6.32. The first-order valence-corrected chi connectivity index (χ1v) is 16.9. The van der Waals surface area contributed by atoms with Crippen LogP contribution in [0.25, 0.3) is 16.8 Å². The number of non-ortho nitro benzene ring substituents is 1. The molecule has 250 valence electrons. The van der Waals surface area contributed by atoms with Gasteiger partial charge < -0.3 is 29.5 Å². The lowest BCUT2D eigenvalue weighted by atomic mass is 9.93. The molecule has 1 saturated heterocycles. The fourth-order valence-electron chi connectivity index (χ4n) is 5.58. The molecule has 0 saturated carbocycles. The van der Waals surface area contributed by atoms with Crippen LogP contribution in [0.5, 0.6) is 5.75 Å². The molecule has 0 bridgehead atoms. The number of phosphoric acid groups is 1. The zero-order chi connectivity index (χ0) is 33.6. The molecule has 0 spiro atoms. The molecule has 3 N–H and O–H groups in total. The maximum absolute atomic E-state index is 13.4. The number of hydrogen-bond donors (Lipinski definition) is 3. The summed E-state index contributed by atoms with van der Waals surface area (Å²) in [4.78, 5) is 59.0. The molecule has 0 aliphatic carbocycles. The number of phosphoric ester groups is 1. The van der Waals surface area contributed by atoms with Crippen molar-refractivity contribution < 1.29 is 42.9 Å². The molecule has 5 rings (SSSR count). The Morgan fingerprint density at radius 2 is 1.85 bits per heavy atom. The van der Waals surface area contributed by atoms with E-state index in [-0.39, 0.29) is 47.4 Å². The number of ether oxygens (including phenoxy) is 2. The number of nitro benzene ring substituents is 1. The molecule has 2 amide bonds. The van der Waals surface area contributed by atoms with E-state index >= 15 is 0 Å². The second-order valence-corrected chi connectivity index (χ2v) is 12.5. The van der Waals surface area contributed by atoms with Crippen molar-refractivity contribution in [3.63, 3.8) is 0 Å². The normalized spacial score (nSPS) is 16.8. The van der Waals surface area contributed by atoms with E-state index in [2.05, 4.69) is 14.7 Å². The van der Waals surface area contributed by atoms with Gasteiger partial charge in [-0.3, -0.25) is 29.1 Å². The summed E-state index contributed by atoms with van der Waals surface area (Å²) in [6.07, 6.45) is 3.08. The van der Waals surface area contributed by atoms with Gasteiger partial charge in [-0.15, -0.1) is 11.6 Å². The number of benzene rings is 3. The van der Waals surface area contributed by atoms with Crippen molar-refractivity contribution >= 4 is 59.5 Å². The molecule has 16 heteroatoms. The predicted octanol–water partition coefficient (Wildman–Crippen LogP) is 3.68. The van der Waals surface area contributed by atoms with Crippen molar-refractivity contribution in [2.45, 2.75) is 5.92 Å². The Kier molecular flexibility index (Phi) is 11.3. The number of halogens is 1. The summed E-state index contributed by atoms with van der Waals surface area (Å²) in [7, 11) is -4.68. The van der Waals surface area contributed by atoms with Gasteiger partial charge in [-0.1, -0.05) is 18.2 Å². The monoisotopic (exact) mass is 688 g/mol. The van der Waals surface area contributed by atoms with Crippen molar-refractivity contribution in [3.05, 3.63) is 81.4 Å². The molecule has 1 fully saturated rings. The smallest absolute Gasteiger partial charge is 0.469 e. The van der Waals surface area contributed by atoms with Gasteiger partial charge >= 0.3 is 7.82 Å². The van der Waals surface area contributed by atoms with Crippen LogP contribution < -0.4 is 15.0 Å². The second kappa shape index (κ2) is 15.3. The number of anilines is 1. The van der Waals surface area contributed by atoms with Gasteiger partial charge in [0.2, 0.25) is 0 Å². The van der Waals surface area contributed by atoms with E-state index in [4.69, 9.17) is 30.9 Å². The number of carbonyl (C=O) groups is 2. The van der Waals surface area contributed by atoms with E-state index in [1.807, 2.05) is 24.3 Å². The van der Waals surface area contributed by atoms with Gasteiger partial charge in [-0.25, -0.2) is 4.57 Å². The lowest BCUT2D eigenvalue weighted by Crippen LogP contribution is -2.38. The summed E-state index contributed by atoms with van der Waals surface area (Å²) < 4.78 is 26.4. The first-order chi connectivity index (χ1) is 22.5. The SMILES string of the molecule is O=C(NCCOP(=O)(O)O)c1ccc2c3c(cc([N+](=O)[O-])c2c1)N(C(=O)/C=C/c1ccc(OCCN2CCOCC2)cc1)CC3CCl. The summed E-state index contributed by atoms with van der Waals surface area (Å²) in [5.74, 6) is -0.423. The Bertz CT molecular complexity index is 1710. The van der Waals surface area contributed by atoms with Gasteiger partial charge in [0.05, 0.1) is 35.8 Å². The number of fused-ring (bicyclic) bond motifs is 3. The molecular weight excluding hydrogens is 655 g/mol. The fraction of sp³-hybridized carbons (Fsp3) is 0.355. The number of morpholine rings is 1. The third-order valence-electron chi connectivity index (χ3n) is 7.87. The van der Waals surface area contributed by atoms with Gasteiger partial charge in [0, 0.05) is 62.2 Å². The number of rotatable bonds is 13. The third kappa shape index (κ3) is 8.73. The Morgan fingerprint density at radius 1 is 1.11 bits per heavy atom. The molecule has 0 aromatic heterocycles. The fourth-order valence-corrected chi connectivity index (χ4v) is 6.17. The Hall–Kier alpha value is -3.88. The van der Waals surface area contributed by atoms with Crippen molar-refractivity contribution in [1.29, 1.82) is 0 Å². The van der Waals surface area contributed by atoms with Crippen molar-refractivity contribution in [1.82, 2.24) is 10.2 Å². The number of hydrogen-bond acceptors (Lipinski definition) is 9. The molecule has 2 aliphatic heterocycles. The maximum Gasteiger partial charge on any atom is 0.469 e. The van der Waals surface area contributed by atoms with E-state index in [0.29, 0.717) is 29.0 Å². The van der Waals surface area contributed by atoms with Crippen LogP contribution in [0.3, 0.4) is 0 Å². The highest BCUT2D eigenvalue weighted by Crippen LogP contribution is 2.45. The Balaban J connectivity index is 1.30. The van der Waals surface area contributed by atoms with E-state index in [1.54, 1.807) is 12.1 Å². The van der Waals surface area contributed by atoms with Gasteiger partial charge in [0.1, 0.15) is 12.4 Å². The third-order valence-corrected chi connectivity index (χ3v) is 8.77. The van der Waals surface area contributed by atoms with Gasteiger partial charge in [0.15, 0.2) is 0 Å². The average molecular weight is 689 g/mol. The second-order valence-electron chi connectivity index (χ2n) is 10.9. The first-order valence-electron chi connectivity index (χ1n) is 14.9. The van der Waals surface area contributed by atoms with Crippen LogP contribution in [0.15, 0.2) is 54.6 Å². The van der Waals surface area contributed by atoms with Crippen molar-refractivity contribution in [2.24, 2.45) is 0 Å². The highest BCUT2D eigenvalue weighted by atomic mass is 35.5.